The first-order chi connectivity index (χ1) is 12.3. The number of fused-ring (bicyclic) bond motifs is 2. The predicted octanol–water partition coefficient (Wildman–Crippen LogP) is 1.79. The summed E-state index contributed by atoms with van der Waals surface area (Å²) in [5, 5.41) is 34.4. The summed E-state index contributed by atoms with van der Waals surface area (Å²) in [7, 11) is 0. The van der Waals surface area contributed by atoms with Gasteiger partial charge in [0, 0.05) is 35.3 Å². The van der Waals surface area contributed by atoms with Crippen molar-refractivity contribution in [2.24, 2.45) is 39.9 Å². The number of likely N-dealkylation sites (tertiary alicyclic amines) is 1. The van der Waals surface area contributed by atoms with E-state index in [1.807, 2.05) is 0 Å². The lowest BCUT2D eigenvalue weighted by atomic mass is 9.38. The van der Waals surface area contributed by atoms with Gasteiger partial charge >= 0.3 is 0 Å². The maximum absolute atomic E-state index is 11.5. The summed E-state index contributed by atoms with van der Waals surface area (Å²) in [6, 6.07) is 0.319. The maximum Gasteiger partial charge on any atom is 0.0814 e. The molecule has 4 nitrogen and oxygen atoms in total. The molecule has 7 rings (SSSR count). The molecule has 0 radical (unpaired) electrons. The van der Waals surface area contributed by atoms with Crippen LogP contribution in [0.4, 0.5) is 0 Å². The van der Waals surface area contributed by atoms with Crippen molar-refractivity contribution in [1.82, 2.24) is 4.90 Å². The molecule has 7 fully saturated rings. The summed E-state index contributed by atoms with van der Waals surface area (Å²) in [5.41, 5.74) is 0.616. The first-order valence-corrected chi connectivity index (χ1v) is 10.8. The van der Waals surface area contributed by atoms with Gasteiger partial charge in [-0.15, -0.1) is 0 Å². The largest absolute Gasteiger partial charge is 0.392 e. The molecule has 1 saturated heterocycles. The molecule has 4 heteroatoms. The first kappa shape index (κ1) is 16.5. The summed E-state index contributed by atoms with van der Waals surface area (Å²) in [6.07, 6.45) is 3.73. The quantitative estimate of drug-likeness (QED) is 0.625. The van der Waals surface area contributed by atoms with Crippen LogP contribution < -0.4 is 0 Å². The topological polar surface area (TPSA) is 63.9 Å². The van der Waals surface area contributed by atoms with Crippen LogP contribution in [0.15, 0.2) is 12.2 Å². The van der Waals surface area contributed by atoms with Gasteiger partial charge < -0.3 is 15.3 Å². The number of hydrogen-bond donors (Lipinski definition) is 3. The zero-order valence-electron chi connectivity index (χ0n) is 16.1. The lowest BCUT2D eigenvalue weighted by Crippen LogP contribution is -2.72. The molecular formula is C22H33NO3. The van der Waals surface area contributed by atoms with Gasteiger partial charge in [0.15, 0.2) is 0 Å². The smallest absolute Gasteiger partial charge is 0.0814 e. The van der Waals surface area contributed by atoms with E-state index >= 15 is 0 Å². The third kappa shape index (κ3) is 1.34. The molecule has 0 amide bonds. The third-order valence-electron chi connectivity index (χ3n) is 10.5. The second-order valence-corrected chi connectivity index (χ2v) is 10.8. The highest BCUT2D eigenvalue weighted by molar-refractivity contribution is 5.39. The van der Waals surface area contributed by atoms with Crippen LogP contribution in [0, 0.1) is 39.9 Å². The second kappa shape index (κ2) is 4.59. The molecule has 11 atom stereocenters. The van der Waals surface area contributed by atoms with Gasteiger partial charge in [-0.05, 0) is 61.5 Å². The number of aliphatic hydroxyl groups excluding tert-OH is 3. The van der Waals surface area contributed by atoms with Crippen LogP contribution in [-0.2, 0) is 0 Å². The van der Waals surface area contributed by atoms with Crippen LogP contribution >= 0.6 is 0 Å². The Balaban J connectivity index is 1.63. The Morgan fingerprint density at radius 1 is 1.19 bits per heavy atom. The van der Waals surface area contributed by atoms with Gasteiger partial charge in [0.25, 0.3) is 0 Å². The fourth-order valence-electron chi connectivity index (χ4n) is 10.0. The summed E-state index contributed by atoms with van der Waals surface area (Å²) in [5.74, 6) is 0.921. The maximum atomic E-state index is 11.5. The Kier molecular flexibility index (Phi) is 2.92. The molecule has 6 aliphatic carbocycles. The molecule has 1 aliphatic heterocycles. The van der Waals surface area contributed by atoms with E-state index in [0.717, 1.165) is 50.8 Å². The molecule has 0 aromatic carbocycles. The van der Waals surface area contributed by atoms with E-state index in [1.165, 1.54) is 0 Å². The highest BCUT2D eigenvalue weighted by Crippen LogP contribution is 2.83. The van der Waals surface area contributed by atoms with E-state index in [0.29, 0.717) is 17.9 Å². The van der Waals surface area contributed by atoms with Crippen LogP contribution in [0.1, 0.15) is 46.0 Å². The van der Waals surface area contributed by atoms with E-state index in [-0.39, 0.29) is 34.2 Å². The molecule has 0 aromatic rings. The lowest BCUT2D eigenvalue weighted by molar-refractivity contribution is -0.256. The Labute approximate surface area is 156 Å². The van der Waals surface area contributed by atoms with E-state index in [9.17, 15) is 15.3 Å². The van der Waals surface area contributed by atoms with Crippen molar-refractivity contribution in [3.05, 3.63) is 12.2 Å². The van der Waals surface area contributed by atoms with Crippen molar-refractivity contribution in [3.8, 4) is 0 Å². The van der Waals surface area contributed by atoms with Crippen molar-refractivity contribution < 1.29 is 15.3 Å². The molecule has 3 N–H and O–H groups in total. The van der Waals surface area contributed by atoms with E-state index in [2.05, 4.69) is 25.3 Å². The van der Waals surface area contributed by atoms with E-state index < -0.39 is 12.2 Å². The number of piperidine rings is 1. The highest BCUT2D eigenvalue weighted by Gasteiger charge is 2.86. The normalized spacial score (nSPS) is 65.5. The van der Waals surface area contributed by atoms with Crippen molar-refractivity contribution >= 4 is 0 Å². The van der Waals surface area contributed by atoms with Gasteiger partial charge in [0.2, 0.25) is 0 Å². The van der Waals surface area contributed by atoms with Crippen LogP contribution in [-0.4, -0.2) is 57.7 Å². The average molecular weight is 360 g/mol. The summed E-state index contributed by atoms with van der Waals surface area (Å²) in [4.78, 5) is 2.62. The average Bonchev–Trinajstić information content (AvgIpc) is 3.06. The third-order valence-corrected chi connectivity index (χ3v) is 10.5. The van der Waals surface area contributed by atoms with Crippen LogP contribution in [0.5, 0.6) is 0 Å². The number of aliphatic hydroxyl groups is 3. The molecule has 2 spiro atoms. The van der Waals surface area contributed by atoms with Crippen molar-refractivity contribution in [1.29, 1.82) is 0 Å². The zero-order chi connectivity index (χ0) is 18.2. The minimum absolute atomic E-state index is 0.0155. The van der Waals surface area contributed by atoms with Crippen LogP contribution in [0.2, 0.25) is 0 Å². The summed E-state index contributed by atoms with van der Waals surface area (Å²) >= 11 is 0. The minimum Gasteiger partial charge on any atom is -0.392 e. The van der Waals surface area contributed by atoms with Gasteiger partial charge in [0.05, 0.1) is 18.3 Å². The van der Waals surface area contributed by atoms with Gasteiger partial charge in [-0.1, -0.05) is 20.4 Å². The van der Waals surface area contributed by atoms with Gasteiger partial charge in [-0.3, -0.25) is 4.90 Å². The zero-order valence-corrected chi connectivity index (χ0v) is 16.1. The molecule has 144 valence electrons. The monoisotopic (exact) mass is 359 g/mol. The lowest BCUT2D eigenvalue weighted by Gasteiger charge is -2.69. The minimum atomic E-state index is -0.500. The van der Waals surface area contributed by atoms with Crippen molar-refractivity contribution in [2.45, 2.75) is 70.3 Å². The fraction of sp³-hybridized carbons (Fsp3) is 0.909. The molecule has 1 heterocycles. The Bertz CT molecular complexity index is 695. The number of hydrogen-bond acceptors (Lipinski definition) is 4. The van der Waals surface area contributed by atoms with E-state index in [1.54, 1.807) is 0 Å². The predicted molar refractivity (Wildman–Crippen MR) is 98.2 cm³/mol. The molecule has 11 unspecified atom stereocenters. The molecule has 7 bridgehead atoms. The summed E-state index contributed by atoms with van der Waals surface area (Å²) < 4.78 is 0. The Morgan fingerprint density at radius 2 is 1.96 bits per heavy atom. The van der Waals surface area contributed by atoms with Crippen LogP contribution in [0.25, 0.3) is 0 Å². The number of rotatable bonds is 1. The van der Waals surface area contributed by atoms with Gasteiger partial charge in [-0.25, -0.2) is 0 Å². The Morgan fingerprint density at radius 3 is 2.69 bits per heavy atom. The van der Waals surface area contributed by atoms with E-state index in [4.69, 9.17) is 0 Å². The standard InChI is InChI=1S/C22H33NO3/c1-4-23-10-20(3)7-6-15(24)22-14(20)9-13(18(22)23)21-8-5-12(11(2)19(21)26)16(25)17(21)22/h12-19,24-26H,2,4-10H2,1,3H3. The van der Waals surface area contributed by atoms with Crippen molar-refractivity contribution in [3.63, 3.8) is 0 Å². The SMILES string of the molecule is C=C1C2CCC3(C1O)C1CC4C5(C)CCC(O)C4(C1N(CC)C5)C3C2O. The fourth-order valence-corrected chi connectivity index (χ4v) is 10.0. The molecular weight excluding hydrogens is 326 g/mol. The van der Waals surface area contributed by atoms with Crippen LogP contribution in [0.3, 0.4) is 0 Å². The molecule has 6 saturated carbocycles. The summed E-state index contributed by atoms with van der Waals surface area (Å²) in [6.45, 7) is 11.0. The Hall–Kier alpha value is -0.420. The first-order valence-electron chi connectivity index (χ1n) is 10.8. The number of nitrogens with zero attached hydrogens (tertiary/aromatic N) is 1. The van der Waals surface area contributed by atoms with Gasteiger partial charge in [0.1, 0.15) is 0 Å². The van der Waals surface area contributed by atoms with Crippen molar-refractivity contribution in [2.75, 3.05) is 13.1 Å². The second-order valence-electron chi connectivity index (χ2n) is 10.8. The molecule has 0 aromatic heterocycles. The van der Waals surface area contributed by atoms with Gasteiger partial charge in [-0.2, -0.15) is 0 Å². The highest BCUT2D eigenvalue weighted by atomic mass is 16.3. The molecule has 7 aliphatic rings. The molecule has 26 heavy (non-hydrogen) atoms.